The Morgan fingerprint density at radius 2 is 2.08 bits per heavy atom. The Labute approximate surface area is 151 Å². The molecule has 1 heterocycles. The monoisotopic (exact) mass is 368 g/mol. The number of nitriles is 1. The van der Waals surface area contributed by atoms with Crippen LogP contribution in [-0.2, 0) is 0 Å². The molecule has 0 radical (unpaired) electrons. The molecule has 2 rings (SSSR count). The molecule has 0 aliphatic carbocycles. The SMILES string of the molecule is CCCCCC(C)C(=O)c1ccc(C#N)c(OC(F)(F)F)c1C1CNC1. The van der Waals surface area contributed by atoms with Crippen molar-refractivity contribution in [2.24, 2.45) is 5.92 Å². The lowest BCUT2D eigenvalue weighted by atomic mass is 9.83. The first kappa shape index (κ1) is 20.2. The lowest BCUT2D eigenvalue weighted by Gasteiger charge is -2.31. The highest BCUT2D eigenvalue weighted by molar-refractivity contribution is 6.00. The molecular formula is C19H23F3N2O2. The predicted molar refractivity (Wildman–Crippen MR) is 91.1 cm³/mol. The zero-order valence-electron chi connectivity index (χ0n) is 14.9. The molecule has 7 heteroatoms. The molecule has 1 saturated heterocycles. The molecule has 0 amide bonds. The minimum atomic E-state index is -4.92. The van der Waals surface area contributed by atoms with Gasteiger partial charge in [0.05, 0.1) is 5.56 Å². The van der Waals surface area contributed by atoms with Gasteiger partial charge in [-0.3, -0.25) is 4.79 Å². The molecule has 26 heavy (non-hydrogen) atoms. The summed E-state index contributed by atoms with van der Waals surface area (Å²) in [4.78, 5) is 12.9. The van der Waals surface area contributed by atoms with E-state index in [0.717, 1.165) is 19.3 Å². The lowest BCUT2D eigenvalue weighted by Crippen LogP contribution is -2.41. The van der Waals surface area contributed by atoms with Crippen LogP contribution in [0, 0.1) is 17.2 Å². The number of unbranched alkanes of at least 4 members (excludes halogenated alkanes) is 2. The highest BCUT2D eigenvalue weighted by Gasteiger charge is 2.37. The summed E-state index contributed by atoms with van der Waals surface area (Å²) in [6.07, 6.45) is -1.31. The van der Waals surface area contributed by atoms with Gasteiger partial charge < -0.3 is 10.1 Å². The van der Waals surface area contributed by atoms with E-state index in [-0.39, 0.29) is 34.3 Å². The van der Waals surface area contributed by atoms with Crippen molar-refractivity contribution in [3.05, 3.63) is 28.8 Å². The van der Waals surface area contributed by atoms with Crippen LogP contribution in [0.1, 0.15) is 66.9 Å². The number of nitrogens with zero attached hydrogens (tertiary/aromatic N) is 1. The molecule has 0 spiro atoms. The summed E-state index contributed by atoms with van der Waals surface area (Å²) in [7, 11) is 0. The van der Waals surface area contributed by atoms with Crippen LogP contribution in [0.15, 0.2) is 12.1 Å². The Morgan fingerprint density at radius 1 is 1.38 bits per heavy atom. The molecule has 1 N–H and O–H groups in total. The van der Waals surface area contributed by atoms with Gasteiger partial charge in [0.15, 0.2) is 11.5 Å². The van der Waals surface area contributed by atoms with Crippen LogP contribution in [0.2, 0.25) is 0 Å². The lowest BCUT2D eigenvalue weighted by molar-refractivity contribution is -0.275. The summed E-state index contributed by atoms with van der Waals surface area (Å²) in [5.41, 5.74) is 0.227. The van der Waals surface area contributed by atoms with Gasteiger partial charge in [0, 0.05) is 36.1 Å². The standard InChI is InChI=1S/C19H23F3N2O2/c1-3-4-5-6-12(2)17(25)15-8-7-13(9-23)18(26-19(20,21)22)16(15)14-10-24-11-14/h7-8,12,14,24H,3-6,10-11H2,1-2H3. The van der Waals surface area contributed by atoms with E-state index in [1.54, 1.807) is 13.0 Å². The first-order chi connectivity index (χ1) is 12.3. The number of hydrogen-bond donors (Lipinski definition) is 1. The zero-order chi connectivity index (χ0) is 19.3. The number of ether oxygens (including phenoxy) is 1. The molecular weight excluding hydrogens is 345 g/mol. The fourth-order valence-electron chi connectivity index (χ4n) is 3.12. The fourth-order valence-corrected chi connectivity index (χ4v) is 3.12. The van der Waals surface area contributed by atoms with Crippen LogP contribution in [0.25, 0.3) is 0 Å². The highest BCUT2D eigenvalue weighted by Crippen LogP contribution is 2.39. The maximum absolute atomic E-state index is 12.9. The van der Waals surface area contributed by atoms with Crippen molar-refractivity contribution >= 4 is 5.78 Å². The van der Waals surface area contributed by atoms with Crippen molar-refractivity contribution in [2.75, 3.05) is 13.1 Å². The van der Waals surface area contributed by atoms with Gasteiger partial charge in [-0.1, -0.05) is 33.1 Å². The molecule has 1 atom stereocenters. The van der Waals surface area contributed by atoms with Crippen molar-refractivity contribution < 1.29 is 22.7 Å². The number of benzene rings is 1. The molecule has 1 aliphatic heterocycles. The normalized spacial score (nSPS) is 15.8. The van der Waals surface area contributed by atoms with Crippen molar-refractivity contribution in [3.8, 4) is 11.8 Å². The van der Waals surface area contributed by atoms with Crippen LogP contribution in [-0.4, -0.2) is 25.2 Å². The van der Waals surface area contributed by atoms with Crippen LogP contribution < -0.4 is 10.1 Å². The fraction of sp³-hybridized carbons (Fsp3) is 0.579. The van der Waals surface area contributed by atoms with Crippen molar-refractivity contribution in [3.63, 3.8) is 0 Å². The van der Waals surface area contributed by atoms with Gasteiger partial charge in [0.25, 0.3) is 0 Å². The Hall–Kier alpha value is -2.07. The van der Waals surface area contributed by atoms with Gasteiger partial charge in [-0.15, -0.1) is 13.2 Å². The second-order valence-electron chi connectivity index (χ2n) is 6.68. The smallest absolute Gasteiger partial charge is 0.404 e. The van der Waals surface area contributed by atoms with E-state index < -0.39 is 12.1 Å². The molecule has 0 aromatic heterocycles. The minimum absolute atomic E-state index is 0.195. The summed E-state index contributed by atoms with van der Waals surface area (Å²) in [5.74, 6) is -1.29. The average molecular weight is 368 g/mol. The van der Waals surface area contributed by atoms with Gasteiger partial charge in [-0.05, 0) is 18.6 Å². The first-order valence-electron chi connectivity index (χ1n) is 8.86. The number of Topliss-reactive ketones (excluding diaryl/α,β-unsaturated/α-hetero) is 1. The van der Waals surface area contributed by atoms with E-state index in [4.69, 9.17) is 0 Å². The predicted octanol–water partition coefficient (Wildman–Crippen LogP) is 4.54. The third-order valence-corrected chi connectivity index (χ3v) is 4.68. The van der Waals surface area contributed by atoms with Gasteiger partial charge in [0.2, 0.25) is 0 Å². The number of ketones is 1. The Balaban J connectivity index is 2.43. The summed E-state index contributed by atoms with van der Waals surface area (Å²) < 4.78 is 42.8. The van der Waals surface area contributed by atoms with Crippen LogP contribution in [0.3, 0.4) is 0 Å². The second kappa shape index (κ2) is 8.54. The topological polar surface area (TPSA) is 62.1 Å². The minimum Gasteiger partial charge on any atom is -0.404 e. The van der Waals surface area contributed by atoms with E-state index in [0.29, 0.717) is 19.5 Å². The maximum Gasteiger partial charge on any atom is 0.573 e. The van der Waals surface area contributed by atoms with E-state index in [1.165, 1.54) is 12.1 Å². The van der Waals surface area contributed by atoms with Crippen LogP contribution >= 0.6 is 0 Å². The molecule has 1 fully saturated rings. The number of alkyl halides is 3. The summed E-state index contributed by atoms with van der Waals surface area (Å²) in [6.45, 7) is 4.76. The largest absolute Gasteiger partial charge is 0.573 e. The molecule has 0 bridgehead atoms. The third-order valence-electron chi connectivity index (χ3n) is 4.68. The van der Waals surface area contributed by atoms with Crippen molar-refractivity contribution in [1.82, 2.24) is 5.32 Å². The molecule has 1 unspecified atom stereocenters. The number of nitrogens with one attached hydrogen (secondary N) is 1. The molecule has 1 aromatic carbocycles. The molecule has 1 aromatic rings. The van der Waals surface area contributed by atoms with Gasteiger partial charge >= 0.3 is 6.36 Å². The molecule has 4 nitrogen and oxygen atoms in total. The van der Waals surface area contributed by atoms with Gasteiger partial charge in [0.1, 0.15) is 6.07 Å². The number of hydrogen-bond acceptors (Lipinski definition) is 4. The molecule has 1 aliphatic rings. The van der Waals surface area contributed by atoms with Crippen LogP contribution in [0.5, 0.6) is 5.75 Å². The molecule has 142 valence electrons. The van der Waals surface area contributed by atoms with Gasteiger partial charge in [-0.2, -0.15) is 5.26 Å². The Kier molecular flexibility index (Phi) is 6.65. The van der Waals surface area contributed by atoms with Gasteiger partial charge in [-0.25, -0.2) is 0 Å². The average Bonchev–Trinajstić information content (AvgIpc) is 2.52. The third kappa shape index (κ3) is 4.76. The second-order valence-corrected chi connectivity index (χ2v) is 6.68. The van der Waals surface area contributed by atoms with E-state index in [2.05, 4.69) is 17.0 Å². The highest BCUT2D eigenvalue weighted by atomic mass is 19.4. The van der Waals surface area contributed by atoms with Crippen LogP contribution in [0.4, 0.5) is 13.2 Å². The quantitative estimate of drug-likeness (QED) is 0.540. The van der Waals surface area contributed by atoms with E-state index in [1.807, 2.05) is 0 Å². The summed E-state index contributed by atoms with van der Waals surface area (Å²) in [5, 5.41) is 12.2. The maximum atomic E-state index is 12.9. The number of halogens is 3. The van der Waals surface area contributed by atoms with Crippen molar-refractivity contribution in [2.45, 2.75) is 51.8 Å². The molecule has 0 saturated carbocycles. The van der Waals surface area contributed by atoms with E-state index in [9.17, 15) is 23.2 Å². The number of rotatable bonds is 8. The van der Waals surface area contributed by atoms with Crippen molar-refractivity contribution in [1.29, 1.82) is 5.26 Å². The zero-order valence-corrected chi connectivity index (χ0v) is 14.9. The first-order valence-corrected chi connectivity index (χ1v) is 8.86. The summed E-state index contributed by atoms with van der Waals surface area (Å²) >= 11 is 0. The summed E-state index contributed by atoms with van der Waals surface area (Å²) in [6, 6.07) is 4.45. The Morgan fingerprint density at radius 3 is 2.58 bits per heavy atom. The Bertz CT molecular complexity index is 691. The number of carbonyl (C=O) groups excluding carboxylic acids is 1. The van der Waals surface area contributed by atoms with E-state index >= 15 is 0 Å². The number of carbonyl (C=O) groups is 1.